The van der Waals surface area contributed by atoms with E-state index in [0.717, 1.165) is 9.91 Å². The van der Waals surface area contributed by atoms with Gasteiger partial charge in [0.25, 0.3) is 11.8 Å². The third-order valence-corrected chi connectivity index (χ3v) is 3.74. The predicted octanol–water partition coefficient (Wildman–Crippen LogP) is -0.869. The van der Waals surface area contributed by atoms with Crippen LogP contribution in [0, 0.1) is 0 Å². The SMILES string of the molecule is CN1C(=O)CC(NC(=O)c2csc(CCN)n2)C1=O. The van der Waals surface area contributed by atoms with Crippen LogP contribution < -0.4 is 11.1 Å². The average molecular weight is 282 g/mol. The van der Waals surface area contributed by atoms with Crippen LogP contribution in [0.1, 0.15) is 21.9 Å². The van der Waals surface area contributed by atoms with Crippen LogP contribution in [0.25, 0.3) is 0 Å². The van der Waals surface area contributed by atoms with Gasteiger partial charge in [-0.2, -0.15) is 0 Å². The standard InChI is InChI=1S/C11H14N4O3S/c1-15-9(16)4-6(11(15)18)14-10(17)7-5-19-8(13-7)2-3-12/h5-6H,2-4,12H2,1H3,(H,14,17). The van der Waals surface area contributed by atoms with Gasteiger partial charge in [0, 0.05) is 18.8 Å². The molecule has 3 N–H and O–H groups in total. The molecule has 1 fully saturated rings. The second kappa shape index (κ2) is 5.45. The first-order valence-electron chi connectivity index (χ1n) is 5.78. The number of likely N-dealkylation sites (tertiary alicyclic amines) is 1. The van der Waals surface area contributed by atoms with Gasteiger partial charge in [0.1, 0.15) is 11.7 Å². The van der Waals surface area contributed by atoms with E-state index in [-0.39, 0.29) is 18.0 Å². The summed E-state index contributed by atoms with van der Waals surface area (Å²) in [6, 6.07) is -0.787. The first kappa shape index (κ1) is 13.6. The lowest BCUT2D eigenvalue weighted by Crippen LogP contribution is -2.40. The van der Waals surface area contributed by atoms with E-state index in [1.807, 2.05) is 0 Å². The van der Waals surface area contributed by atoms with Crippen molar-refractivity contribution in [1.29, 1.82) is 0 Å². The summed E-state index contributed by atoms with van der Waals surface area (Å²) in [5.41, 5.74) is 5.66. The first-order valence-corrected chi connectivity index (χ1v) is 6.66. The number of hydrogen-bond donors (Lipinski definition) is 2. The molecule has 0 saturated carbocycles. The number of likely N-dealkylation sites (N-methyl/N-ethyl adjacent to an activating group) is 1. The van der Waals surface area contributed by atoms with Crippen LogP contribution in [-0.4, -0.2) is 47.2 Å². The highest BCUT2D eigenvalue weighted by molar-refractivity contribution is 7.09. The highest BCUT2D eigenvalue weighted by Gasteiger charge is 2.37. The second-order valence-corrected chi connectivity index (χ2v) is 5.13. The molecule has 0 spiro atoms. The molecule has 19 heavy (non-hydrogen) atoms. The van der Waals surface area contributed by atoms with E-state index in [1.54, 1.807) is 5.38 Å². The molecule has 1 atom stereocenters. The molecule has 0 radical (unpaired) electrons. The van der Waals surface area contributed by atoms with E-state index in [9.17, 15) is 14.4 Å². The number of amides is 3. The maximum Gasteiger partial charge on any atom is 0.271 e. The molecule has 3 amide bonds. The minimum absolute atomic E-state index is 0.000861. The van der Waals surface area contributed by atoms with Crippen LogP contribution in [0.2, 0.25) is 0 Å². The fraction of sp³-hybridized carbons (Fsp3) is 0.455. The van der Waals surface area contributed by atoms with Gasteiger partial charge < -0.3 is 11.1 Å². The molecule has 0 bridgehead atoms. The number of nitrogens with one attached hydrogen (secondary N) is 1. The quantitative estimate of drug-likeness (QED) is 0.698. The monoisotopic (exact) mass is 282 g/mol. The number of hydrogen-bond acceptors (Lipinski definition) is 6. The summed E-state index contributed by atoms with van der Waals surface area (Å²) < 4.78 is 0. The van der Waals surface area contributed by atoms with Crippen molar-refractivity contribution in [2.75, 3.05) is 13.6 Å². The number of carbonyl (C=O) groups excluding carboxylic acids is 3. The second-order valence-electron chi connectivity index (χ2n) is 4.19. The van der Waals surface area contributed by atoms with Crippen LogP contribution in [-0.2, 0) is 16.0 Å². The van der Waals surface area contributed by atoms with Gasteiger partial charge in [-0.15, -0.1) is 11.3 Å². The van der Waals surface area contributed by atoms with Gasteiger partial charge in [-0.05, 0) is 6.54 Å². The number of thiazole rings is 1. The number of imide groups is 1. The van der Waals surface area contributed by atoms with Gasteiger partial charge in [-0.3, -0.25) is 19.3 Å². The summed E-state index contributed by atoms with van der Waals surface area (Å²) in [6.45, 7) is 0.467. The fourth-order valence-electron chi connectivity index (χ4n) is 1.75. The van der Waals surface area contributed by atoms with Gasteiger partial charge in [-0.1, -0.05) is 0 Å². The van der Waals surface area contributed by atoms with Crippen molar-refractivity contribution in [3.05, 3.63) is 16.1 Å². The highest BCUT2D eigenvalue weighted by Crippen LogP contribution is 2.13. The Morgan fingerprint density at radius 2 is 2.37 bits per heavy atom. The van der Waals surface area contributed by atoms with Crippen molar-refractivity contribution in [2.45, 2.75) is 18.9 Å². The molecule has 0 aromatic carbocycles. The zero-order valence-corrected chi connectivity index (χ0v) is 11.2. The van der Waals surface area contributed by atoms with Gasteiger partial charge in [0.05, 0.1) is 11.4 Å². The molecule has 1 aliphatic rings. The fourth-order valence-corrected chi connectivity index (χ4v) is 2.55. The van der Waals surface area contributed by atoms with Gasteiger partial charge >= 0.3 is 0 Å². The molecule has 1 aromatic heterocycles. The minimum Gasteiger partial charge on any atom is -0.338 e. The molecular formula is C11H14N4O3S. The van der Waals surface area contributed by atoms with Crippen molar-refractivity contribution in [1.82, 2.24) is 15.2 Å². The number of carbonyl (C=O) groups is 3. The largest absolute Gasteiger partial charge is 0.338 e. The van der Waals surface area contributed by atoms with Crippen LogP contribution in [0.15, 0.2) is 5.38 Å². The topological polar surface area (TPSA) is 105 Å². The summed E-state index contributed by atoms with van der Waals surface area (Å²) >= 11 is 1.35. The highest BCUT2D eigenvalue weighted by atomic mass is 32.1. The Labute approximate surface area is 113 Å². The maximum atomic E-state index is 11.9. The Morgan fingerprint density at radius 1 is 1.63 bits per heavy atom. The molecule has 102 valence electrons. The Balaban J connectivity index is 2.01. The van der Waals surface area contributed by atoms with Crippen LogP contribution in [0.5, 0.6) is 0 Å². The van der Waals surface area contributed by atoms with E-state index in [0.29, 0.717) is 13.0 Å². The summed E-state index contributed by atoms with van der Waals surface area (Å²) in [5, 5.41) is 4.92. The summed E-state index contributed by atoms with van der Waals surface area (Å²) in [6.07, 6.45) is 0.613. The van der Waals surface area contributed by atoms with Gasteiger partial charge in [0.15, 0.2) is 0 Å². The zero-order valence-electron chi connectivity index (χ0n) is 10.4. The van der Waals surface area contributed by atoms with E-state index in [1.165, 1.54) is 18.4 Å². The molecule has 1 aliphatic heterocycles. The van der Waals surface area contributed by atoms with E-state index in [2.05, 4.69) is 10.3 Å². The van der Waals surface area contributed by atoms with E-state index >= 15 is 0 Å². The summed E-state index contributed by atoms with van der Waals surface area (Å²) in [4.78, 5) is 40.0. The third kappa shape index (κ3) is 2.79. The third-order valence-electron chi connectivity index (χ3n) is 2.83. The van der Waals surface area contributed by atoms with Gasteiger partial charge in [-0.25, -0.2) is 4.98 Å². The Morgan fingerprint density at radius 3 is 2.95 bits per heavy atom. The predicted molar refractivity (Wildman–Crippen MR) is 68.5 cm³/mol. The van der Waals surface area contributed by atoms with E-state index in [4.69, 9.17) is 5.73 Å². The maximum absolute atomic E-state index is 11.9. The molecule has 1 saturated heterocycles. The van der Waals surface area contributed by atoms with Crippen LogP contribution in [0.3, 0.4) is 0 Å². The number of aromatic nitrogens is 1. The van der Waals surface area contributed by atoms with Crippen molar-refractivity contribution in [3.63, 3.8) is 0 Å². The Kier molecular flexibility index (Phi) is 3.91. The Bertz CT molecular complexity index is 528. The summed E-state index contributed by atoms with van der Waals surface area (Å²) in [5.74, 6) is -1.13. The molecule has 8 heteroatoms. The molecule has 2 heterocycles. The van der Waals surface area contributed by atoms with Crippen molar-refractivity contribution in [3.8, 4) is 0 Å². The van der Waals surface area contributed by atoms with Crippen LogP contribution >= 0.6 is 11.3 Å². The minimum atomic E-state index is -0.787. The Hall–Kier alpha value is -1.80. The summed E-state index contributed by atoms with van der Waals surface area (Å²) in [7, 11) is 1.40. The van der Waals surface area contributed by atoms with Crippen molar-refractivity contribution in [2.24, 2.45) is 5.73 Å². The number of nitrogens with two attached hydrogens (primary N) is 1. The zero-order chi connectivity index (χ0) is 14.0. The molecular weight excluding hydrogens is 268 g/mol. The molecule has 7 nitrogen and oxygen atoms in total. The molecule has 1 unspecified atom stereocenters. The lowest BCUT2D eigenvalue weighted by Gasteiger charge is -2.09. The first-order chi connectivity index (χ1) is 9.02. The van der Waals surface area contributed by atoms with Crippen molar-refractivity contribution < 1.29 is 14.4 Å². The van der Waals surface area contributed by atoms with Crippen molar-refractivity contribution >= 4 is 29.1 Å². The van der Waals surface area contributed by atoms with Crippen LogP contribution in [0.4, 0.5) is 0 Å². The molecule has 0 aliphatic carbocycles. The number of rotatable bonds is 4. The normalized spacial score (nSPS) is 19.1. The lowest BCUT2D eigenvalue weighted by molar-refractivity contribution is -0.137. The average Bonchev–Trinajstić information content (AvgIpc) is 2.92. The molecule has 1 aromatic rings. The van der Waals surface area contributed by atoms with E-state index < -0.39 is 17.9 Å². The number of nitrogens with zero attached hydrogens (tertiary/aromatic N) is 2. The smallest absolute Gasteiger partial charge is 0.271 e. The van der Waals surface area contributed by atoms with Gasteiger partial charge in [0.2, 0.25) is 5.91 Å². The molecule has 2 rings (SSSR count). The lowest BCUT2D eigenvalue weighted by atomic mass is 10.2.